The summed E-state index contributed by atoms with van der Waals surface area (Å²) >= 11 is 0. The number of carboxylic acid groups (broad SMARTS) is 1. The minimum atomic E-state index is -1.74. The summed E-state index contributed by atoms with van der Waals surface area (Å²) in [5.41, 5.74) is 0.639. The zero-order valence-corrected chi connectivity index (χ0v) is 20.6. The summed E-state index contributed by atoms with van der Waals surface area (Å²) in [6, 6.07) is 10.3. The molecule has 6 unspecified atom stereocenters. The number of phenols is 1. The van der Waals surface area contributed by atoms with Crippen LogP contribution in [0.1, 0.15) is 0 Å². The Labute approximate surface area is 220 Å². The highest BCUT2D eigenvalue weighted by Crippen LogP contribution is 2.28. The fourth-order valence-corrected chi connectivity index (χ4v) is 4.05. The van der Waals surface area contributed by atoms with Crippen molar-refractivity contribution in [3.63, 3.8) is 0 Å². The first kappa shape index (κ1) is 28.0. The number of phenolic OH excluding ortho intramolecular Hbond substituents is 1. The monoisotopic (exact) mass is 545 g/mol. The number of aliphatic carboxylic acids is 1. The molecule has 1 aliphatic heterocycles. The second kappa shape index (κ2) is 11.8. The van der Waals surface area contributed by atoms with Crippen molar-refractivity contribution in [3.05, 3.63) is 59.0 Å². The minimum absolute atomic E-state index is 0.0501. The number of carboxylic acids is 1. The Morgan fingerprint density at radius 1 is 1.05 bits per heavy atom. The van der Waals surface area contributed by atoms with E-state index in [1.807, 2.05) is 0 Å². The van der Waals surface area contributed by atoms with E-state index in [0.29, 0.717) is 5.56 Å². The van der Waals surface area contributed by atoms with Gasteiger partial charge in [-0.1, -0.05) is 12.1 Å². The number of benzene rings is 2. The molecule has 0 bridgehead atoms. The first-order chi connectivity index (χ1) is 18.6. The molecule has 3 aromatic rings. The lowest BCUT2D eigenvalue weighted by atomic mass is 9.99. The highest BCUT2D eigenvalue weighted by molar-refractivity contribution is 5.94. The third-order valence-corrected chi connectivity index (χ3v) is 6.23. The number of nitrogens with one attached hydrogen (secondary N) is 1. The Balaban J connectivity index is 1.49. The summed E-state index contributed by atoms with van der Waals surface area (Å²) in [6.45, 7) is -0.812. The van der Waals surface area contributed by atoms with Crippen molar-refractivity contribution in [1.29, 1.82) is 0 Å². The van der Waals surface area contributed by atoms with Gasteiger partial charge in [-0.3, -0.25) is 14.4 Å². The molecule has 208 valence electrons. The average Bonchev–Trinajstić information content (AvgIpc) is 2.92. The third kappa shape index (κ3) is 6.02. The molecule has 0 aliphatic carbocycles. The van der Waals surface area contributed by atoms with Crippen LogP contribution in [-0.4, -0.2) is 88.4 Å². The van der Waals surface area contributed by atoms with Gasteiger partial charge in [0.1, 0.15) is 54.4 Å². The number of carbonyl (C=O) groups is 2. The second-order valence-corrected chi connectivity index (χ2v) is 8.89. The summed E-state index contributed by atoms with van der Waals surface area (Å²) in [4.78, 5) is 36.4. The van der Waals surface area contributed by atoms with Crippen LogP contribution in [-0.2, 0) is 19.1 Å². The number of aromatic hydroxyl groups is 1. The van der Waals surface area contributed by atoms with Crippen molar-refractivity contribution in [2.24, 2.45) is 5.92 Å². The van der Waals surface area contributed by atoms with E-state index < -0.39 is 55.2 Å². The van der Waals surface area contributed by atoms with Crippen molar-refractivity contribution < 1.29 is 53.7 Å². The molecule has 0 amide bonds. The van der Waals surface area contributed by atoms with E-state index in [-0.39, 0.29) is 40.0 Å². The lowest BCUT2D eigenvalue weighted by Gasteiger charge is -2.40. The van der Waals surface area contributed by atoms with E-state index in [1.54, 1.807) is 12.1 Å². The van der Waals surface area contributed by atoms with Gasteiger partial charge in [0.25, 0.3) is 0 Å². The molecule has 13 nitrogen and oxygen atoms in total. The molecule has 1 aliphatic rings. The van der Waals surface area contributed by atoms with Crippen LogP contribution in [0.2, 0.25) is 0 Å². The number of rotatable bonds is 9. The predicted molar refractivity (Wildman–Crippen MR) is 133 cm³/mol. The number of carbonyl (C=O) groups excluding carboxylic acids is 1. The summed E-state index contributed by atoms with van der Waals surface area (Å²) in [7, 11) is 1.46. The molecule has 4 rings (SSSR count). The number of hydrogen-bond acceptors (Lipinski definition) is 12. The maximum absolute atomic E-state index is 13.0. The Bertz CT molecular complexity index is 1390. The van der Waals surface area contributed by atoms with Gasteiger partial charge in [0.2, 0.25) is 6.29 Å². The third-order valence-electron chi connectivity index (χ3n) is 6.23. The van der Waals surface area contributed by atoms with Crippen LogP contribution in [0.5, 0.6) is 11.5 Å². The summed E-state index contributed by atoms with van der Waals surface area (Å²) < 4.78 is 21.8. The molecule has 2 heterocycles. The van der Waals surface area contributed by atoms with Crippen LogP contribution in [0.15, 0.2) is 57.9 Å². The normalized spacial score (nSPS) is 23.7. The number of fused-ring (bicyclic) bond motifs is 1. The summed E-state index contributed by atoms with van der Waals surface area (Å²) in [5, 5.41) is 52.4. The van der Waals surface area contributed by atoms with Gasteiger partial charge in [0, 0.05) is 12.6 Å². The van der Waals surface area contributed by atoms with E-state index >= 15 is 0 Å². The van der Waals surface area contributed by atoms with Gasteiger partial charge in [0.15, 0.2) is 11.3 Å². The summed E-state index contributed by atoms with van der Waals surface area (Å²) in [5.74, 6) is -3.85. The molecule has 0 radical (unpaired) electrons. The smallest absolute Gasteiger partial charge is 0.321 e. The molecule has 1 aromatic heterocycles. The van der Waals surface area contributed by atoms with Crippen molar-refractivity contribution in [1.82, 2.24) is 5.32 Å². The Kier molecular flexibility index (Phi) is 8.47. The molecule has 0 saturated carbocycles. The lowest BCUT2D eigenvalue weighted by molar-refractivity contribution is -0.278. The van der Waals surface area contributed by atoms with Crippen LogP contribution in [0.4, 0.5) is 0 Å². The van der Waals surface area contributed by atoms with Crippen molar-refractivity contribution in [3.8, 4) is 22.6 Å². The molecule has 1 fully saturated rings. The predicted octanol–water partition coefficient (Wildman–Crippen LogP) is -0.185. The molecular weight excluding hydrogens is 518 g/mol. The number of aliphatic hydroxyl groups is 3. The van der Waals surface area contributed by atoms with Gasteiger partial charge >= 0.3 is 11.9 Å². The highest BCUT2D eigenvalue weighted by atomic mass is 16.7. The van der Waals surface area contributed by atoms with Crippen molar-refractivity contribution in [2.45, 2.75) is 30.7 Å². The zero-order chi connectivity index (χ0) is 28.3. The minimum Gasteiger partial charge on any atom is -0.508 e. The Morgan fingerprint density at radius 3 is 2.44 bits per heavy atom. The number of esters is 1. The molecular formula is C26H27NO12. The van der Waals surface area contributed by atoms with Crippen LogP contribution in [0, 0.1) is 5.92 Å². The summed E-state index contributed by atoms with van der Waals surface area (Å²) in [6.07, 6.45) is -6.75. The van der Waals surface area contributed by atoms with E-state index in [1.165, 1.54) is 43.6 Å². The molecule has 0 spiro atoms. The first-order valence-corrected chi connectivity index (χ1v) is 11.9. The fourth-order valence-electron chi connectivity index (χ4n) is 4.05. The van der Waals surface area contributed by atoms with Gasteiger partial charge < -0.3 is 49.5 Å². The van der Waals surface area contributed by atoms with Gasteiger partial charge in [0.05, 0.1) is 10.9 Å². The number of ether oxygens (including phenoxy) is 3. The topological polar surface area (TPSA) is 205 Å². The standard InChI is InChI=1S/C26H27NO12/c1-27-9-16(24(33)34)25(35)37-11-19-21(30)22(31)23(32)26(39-19)38-14-6-7-15-18(8-14)36-10-17(20(15)29)12-2-4-13(28)5-3-12/h2-8,10,16,19,21-23,26-28,30-32H,9,11H2,1H3,(H,33,34). The maximum Gasteiger partial charge on any atom is 0.321 e. The fraction of sp³-hybridized carbons (Fsp3) is 0.346. The van der Waals surface area contributed by atoms with E-state index in [0.717, 1.165) is 0 Å². The van der Waals surface area contributed by atoms with E-state index in [4.69, 9.17) is 18.6 Å². The van der Waals surface area contributed by atoms with Crippen LogP contribution in [0.25, 0.3) is 22.1 Å². The van der Waals surface area contributed by atoms with Crippen LogP contribution in [0.3, 0.4) is 0 Å². The first-order valence-electron chi connectivity index (χ1n) is 11.9. The van der Waals surface area contributed by atoms with E-state index in [2.05, 4.69) is 5.32 Å². The molecule has 1 saturated heterocycles. The van der Waals surface area contributed by atoms with Gasteiger partial charge in [-0.05, 0) is 36.9 Å². The average molecular weight is 545 g/mol. The number of aliphatic hydroxyl groups excluding tert-OH is 3. The molecule has 6 N–H and O–H groups in total. The van der Waals surface area contributed by atoms with Gasteiger partial charge in [-0.2, -0.15) is 0 Å². The van der Waals surface area contributed by atoms with Gasteiger partial charge in [-0.25, -0.2) is 0 Å². The molecule has 6 atom stereocenters. The quantitative estimate of drug-likeness (QED) is 0.153. The highest BCUT2D eigenvalue weighted by Gasteiger charge is 2.46. The molecule has 2 aromatic carbocycles. The van der Waals surface area contributed by atoms with E-state index in [9.17, 15) is 39.9 Å². The Morgan fingerprint density at radius 2 is 1.77 bits per heavy atom. The molecule has 39 heavy (non-hydrogen) atoms. The van der Waals surface area contributed by atoms with Crippen LogP contribution < -0.4 is 15.5 Å². The molecule has 13 heteroatoms. The van der Waals surface area contributed by atoms with Crippen LogP contribution >= 0.6 is 0 Å². The second-order valence-electron chi connectivity index (χ2n) is 8.89. The lowest BCUT2D eigenvalue weighted by Crippen LogP contribution is -2.60. The largest absolute Gasteiger partial charge is 0.508 e. The number of hydrogen-bond donors (Lipinski definition) is 6. The Hall–Kier alpha value is -4.01. The van der Waals surface area contributed by atoms with Crippen molar-refractivity contribution >= 4 is 22.9 Å². The van der Waals surface area contributed by atoms with Gasteiger partial charge in [-0.15, -0.1) is 0 Å². The maximum atomic E-state index is 13.0. The zero-order valence-electron chi connectivity index (χ0n) is 20.6. The van der Waals surface area contributed by atoms with Crippen molar-refractivity contribution in [2.75, 3.05) is 20.2 Å². The SMILES string of the molecule is CNCC(C(=O)O)C(=O)OCC1OC(Oc2ccc3c(=O)c(-c4ccc(O)cc4)coc3c2)C(O)C(O)C1O.